The fourth-order valence-electron chi connectivity index (χ4n) is 1.51. The second-order valence-corrected chi connectivity index (χ2v) is 4.68. The molecule has 0 amide bonds. The summed E-state index contributed by atoms with van der Waals surface area (Å²) in [6, 6.07) is 2.58. The summed E-state index contributed by atoms with van der Waals surface area (Å²) >= 11 is 6.16. The normalized spacial score (nSPS) is 15.1. The first-order valence-electron chi connectivity index (χ1n) is 5.91. The molecule has 0 radical (unpaired) electrons. The summed E-state index contributed by atoms with van der Waals surface area (Å²) in [5.74, 6) is 0.823. The zero-order chi connectivity index (χ0) is 11.4. The fraction of sp³-hybridized carbons (Fsp3) is 0.583. The van der Waals surface area contributed by atoms with Crippen molar-refractivity contribution >= 4 is 17.4 Å². The maximum Gasteiger partial charge on any atom is 0.144 e. The predicted molar refractivity (Wildman–Crippen MR) is 67.9 cm³/mol. The highest BCUT2D eigenvalue weighted by atomic mass is 35.5. The van der Waals surface area contributed by atoms with Crippen LogP contribution < -0.4 is 10.6 Å². The Hall–Kier alpha value is -0.800. The summed E-state index contributed by atoms with van der Waals surface area (Å²) in [5, 5.41) is 7.37. The quantitative estimate of drug-likeness (QED) is 0.750. The Balaban J connectivity index is 1.92. The van der Waals surface area contributed by atoms with Crippen LogP contribution in [-0.4, -0.2) is 17.6 Å². The van der Waals surface area contributed by atoms with Gasteiger partial charge in [-0.15, -0.1) is 0 Å². The van der Waals surface area contributed by atoms with Crippen LogP contribution in [0.2, 0.25) is 5.02 Å². The van der Waals surface area contributed by atoms with Gasteiger partial charge in [-0.3, -0.25) is 0 Å². The van der Waals surface area contributed by atoms with E-state index in [1.165, 1.54) is 12.8 Å². The summed E-state index contributed by atoms with van der Waals surface area (Å²) in [6.45, 7) is 4.02. The molecule has 2 rings (SSSR count). The molecule has 0 saturated heterocycles. The maximum atomic E-state index is 6.16. The molecule has 1 saturated carbocycles. The topological polar surface area (TPSA) is 37.0 Å². The highest BCUT2D eigenvalue weighted by Crippen LogP contribution is 2.28. The van der Waals surface area contributed by atoms with Crippen LogP contribution in [0, 0.1) is 0 Å². The van der Waals surface area contributed by atoms with Gasteiger partial charge in [0.2, 0.25) is 0 Å². The van der Waals surface area contributed by atoms with E-state index in [9.17, 15) is 0 Å². The summed E-state index contributed by atoms with van der Waals surface area (Å²) in [5.41, 5.74) is 1.14. The molecule has 0 aromatic carbocycles. The van der Waals surface area contributed by atoms with E-state index in [-0.39, 0.29) is 0 Å². The SMILES string of the molecule is CCCNCc1cnc(NC2CC2)c(Cl)c1. The number of rotatable bonds is 6. The molecule has 0 spiro atoms. The number of pyridine rings is 1. The van der Waals surface area contributed by atoms with Gasteiger partial charge in [-0.1, -0.05) is 18.5 Å². The minimum absolute atomic E-state index is 0.592. The van der Waals surface area contributed by atoms with Gasteiger partial charge in [-0.05, 0) is 37.4 Å². The van der Waals surface area contributed by atoms with Gasteiger partial charge in [0.1, 0.15) is 5.82 Å². The molecule has 1 heterocycles. The van der Waals surface area contributed by atoms with E-state index in [1.54, 1.807) is 0 Å². The molecule has 4 heteroatoms. The third kappa shape index (κ3) is 3.35. The predicted octanol–water partition coefficient (Wildman–Crippen LogP) is 2.81. The number of anilines is 1. The molecule has 0 aliphatic heterocycles. The number of halogens is 1. The van der Waals surface area contributed by atoms with Crippen molar-refractivity contribution in [2.45, 2.75) is 38.8 Å². The van der Waals surface area contributed by atoms with E-state index in [0.717, 1.165) is 35.9 Å². The lowest BCUT2D eigenvalue weighted by Gasteiger charge is -2.08. The molecule has 1 aromatic rings. The van der Waals surface area contributed by atoms with Gasteiger partial charge in [0.05, 0.1) is 5.02 Å². The van der Waals surface area contributed by atoms with Gasteiger partial charge >= 0.3 is 0 Å². The van der Waals surface area contributed by atoms with Crippen molar-refractivity contribution in [2.75, 3.05) is 11.9 Å². The van der Waals surface area contributed by atoms with Crippen LogP contribution in [0.25, 0.3) is 0 Å². The zero-order valence-corrected chi connectivity index (χ0v) is 10.3. The Morgan fingerprint density at radius 2 is 2.31 bits per heavy atom. The Bertz CT molecular complexity index is 350. The maximum absolute atomic E-state index is 6.16. The number of nitrogens with one attached hydrogen (secondary N) is 2. The molecule has 0 atom stereocenters. The van der Waals surface area contributed by atoms with E-state index >= 15 is 0 Å². The standard InChI is InChI=1S/C12H18ClN3/c1-2-5-14-7-9-6-11(13)12(15-8-9)16-10-3-4-10/h6,8,10,14H,2-5,7H2,1H3,(H,15,16). The molecule has 2 N–H and O–H groups in total. The van der Waals surface area contributed by atoms with Gasteiger partial charge < -0.3 is 10.6 Å². The van der Waals surface area contributed by atoms with Crippen LogP contribution in [0.1, 0.15) is 31.7 Å². The molecule has 1 aromatic heterocycles. The highest BCUT2D eigenvalue weighted by molar-refractivity contribution is 6.32. The van der Waals surface area contributed by atoms with Gasteiger partial charge in [-0.25, -0.2) is 4.98 Å². The van der Waals surface area contributed by atoms with Crippen LogP contribution in [0.15, 0.2) is 12.3 Å². The van der Waals surface area contributed by atoms with Crippen molar-refractivity contribution < 1.29 is 0 Å². The van der Waals surface area contributed by atoms with E-state index in [1.807, 2.05) is 12.3 Å². The first kappa shape index (κ1) is 11.7. The average molecular weight is 240 g/mol. The number of aromatic nitrogens is 1. The van der Waals surface area contributed by atoms with Crippen LogP contribution in [0.3, 0.4) is 0 Å². The summed E-state index contributed by atoms with van der Waals surface area (Å²) in [6.07, 6.45) is 5.50. The monoisotopic (exact) mass is 239 g/mol. The zero-order valence-electron chi connectivity index (χ0n) is 9.59. The Morgan fingerprint density at radius 1 is 1.50 bits per heavy atom. The lowest BCUT2D eigenvalue weighted by Crippen LogP contribution is -2.14. The van der Waals surface area contributed by atoms with Crippen LogP contribution in [0.5, 0.6) is 0 Å². The van der Waals surface area contributed by atoms with Gasteiger partial charge in [0, 0.05) is 18.8 Å². The fourth-order valence-corrected chi connectivity index (χ4v) is 1.75. The van der Waals surface area contributed by atoms with E-state index < -0.39 is 0 Å². The average Bonchev–Trinajstić information content (AvgIpc) is 3.06. The van der Waals surface area contributed by atoms with Crippen molar-refractivity contribution in [1.82, 2.24) is 10.3 Å². The largest absolute Gasteiger partial charge is 0.366 e. The van der Waals surface area contributed by atoms with Crippen LogP contribution in [-0.2, 0) is 6.54 Å². The van der Waals surface area contributed by atoms with Crippen molar-refractivity contribution in [1.29, 1.82) is 0 Å². The Morgan fingerprint density at radius 3 is 2.94 bits per heavy atom. The van der Waals surface area contributed by atoms with Gasteiger partial charge in [-0.2, -0.15) is 0 Å². The molecule has 1 aliphatic carbocycles. The highest BCUT2D eigenvalue weighted by Gasteiger charge is 2.22. The summed E-state index contributed by atoms with van der Waals surface area (Å²) in [7, 11) is 0. The molecular formula is C12H18ClN3. The van der Waals surface area contributed by atoms with Gasteiger partial charge in [0.25, 0.3) is 0 Å². The smallest absolute Gasteiger partial charge is 0.144 e. The molecule has 3 nitrogen and oxygen atoms in total. The molecule has 0 unspecified atom stereocenters. The van der Waals surface area contributed by atoms with E-state index in [0.29, 0.717) is 6.04 Å². The molecule has 16 heavy (non-hydrogen) atoms. The minimum Gasteiger partial charge on any atom is -0.366 e. The molecule has 1 aliphatic rings. The Labute approximate surface area is 102 Å². The molecular weight excluding hydrogens is 222 g/mol. The first-order chi connectivity index (χ1) is 7.79. The summed E-state index contributed by atoms with van der Waals surface area (Å²) in [4.78, 5) is 4.35. The third-order valence-electron chi connectivity index (χ3n) is 2.57. The van der Waals surface area contributed by atoms with Crippen LogP contribution >= 0.6 is 11.6 Å². The lowest BCUT2D eigenvalue weighted by atomic mass is 10.2. The Kier molecular flexibility index (Phi) is 4.02. The number of nitrogens with zero attached hydrogens (tertiary/aromatic N) is 1. The van der Waals surface area contributed by atoms with Crippen molar-refractivity contribution in [3.8, 4) is 0 Å². The first-order valence-corrected chi connectivity index (χ1v) is 6.29. The molecule has 0 bridgehead atoms. The van der Waals surface area contributed by atoms with Gasteiger partial charge in [0.15, 0.2) is 0 Å². The van der Waals surface area contributed by atoms with E-state index in [4.69, 9.17) is 11.6 Å². The third-order valence-corrected chi connectivity index (χ3v) is 2.86. The second kappa shape index (κ2) is 5.51. The van der Waals surface area contributed by atoms with Crippen molar-refractivity contribution in [2.24, 2.45) is 0 Å². The second-order valence-electron chi connectivity index (χ2n) is 4.27. The molecule has 1 fully saturated rings. The van der Waals surface area contributed by atoms with Crippen molar-refractivity contribution in [3.05, 3.63) is 22.8 Å². The van der Waals surface area contributed by atoms with Crippen molar-refractivity contribution in [3.63, 3.8) is 0 Å². The number of hydrogen-bond donors (Lipinski definition) is 2. The summed E-state index contributed by atoms with van der Waals surface area (Å²) < 4.78 is 0. The lowest BCUT2D eigenvalue weighted by molar-refractivity contribution is 0.674. The number of hydrogen-bond acceptors (Lipinski definition) is 3. The van der Waals surface area contributed by atoms with E-state index in [2.05, 4.69) is 22.5 Å². The molecule has 88 valence electrons. The van der Waals surface area contributed by atoms with Crippen LogP contribution in [0.4, 0.5) is 5.82 Å². The minimum atomic E-state index is 0.592.